The zero-order valence-electron chi connectivity index (χ0n) is 91.3. The molecule has 23 nitrogen and oxygen atoms in total. The van der Waals surface area contributed by atoms with Gasteiger partial charge in [-0.05, 0) is 381 Å². The first kappa shape index (κ1) is 109. The Hall–Kier alpha value is -5.27. The molecule has 2 amide bonds. The summed E-state index contributed by atoms with van der Waals surface area (Å²) in [5, 5.41) is 38.0. The van der Waals surface area contributed by atoms with E-state index in [1.165, 1.54) is 0 Å². The Bertz CT molecular complexity index is 3720. The van der Waals surface area contributed by atoms with E-state index in [4.69, 9.17) is 24.9 Å². The molecule has 0 bridgehead atoms. The second kappa shape index (κ2) is 41.6. The molecule has 10 heterocycles. The summed E-state index contributed by atoms with van der Waals surface area (Å²) in [6.07, 6.45) is 29.1. The molecule has 10 N–H and O–H groups in total. The smallest absolute Gasteiger partial charge is 0.251 e. The lowest BCUT2D eigenvalue weighted by Crippen LogP contribution is -2.63. The van der Waals surface area contributed by atoms with Crippen molar-refractivity contribution >= 4 is 47.2 Å². The van der Waals surface area contributed by atoms with Crippen molar-refractivity contribution in [3.05, 3.63) is 41.5 Å². The Morgan fingerprint density at radius 3 is 0.659 bits per heavy atom. The highest BCUT2D eigenvalue weighted by Crippen LogP contribution is 2.45. The molecular formula is C109H199N21O2. The normalized spacial score (nSPS) is 24.7. The molecule has 132 heavy (non-hydrogen) atoms. The third kappa shape index (κ3) is 31.6. The molecule has 752 valence electrons. The molecule has 0 atom stereocenters. The van der Waals surface area contributed by atoms with Crippen LogP contribution in [0.3, 0.4) is 0 Å². The van der Waals surface area contributed by atoms with Gasteiger partial charge in [0.25, 0.3) is 11.8 Å². The van der Waals surface area contributed by atoms with Crippen LogP contribution in [0.5, 0.6) is 0 Å². The zero-order chi connectivity index (χ0) is 98.0. The number of benzene rings is 1. The number of rotatable bonds is 35. The minimum absolute atomic E-state index is 0.0167. The number of amides is 2. The summed E-state index contributed by atoms with van der Waals surface area (Å²) in [6, 6.07) is 11.4. The second-order valence-corrected chi connectivity index (χ2v) is 53.9. The van der Waals surface area contributed by atoms with Gasteiger partial charge in [-0.3, -0.25) is 9.59 Å². The van der Waals surface area contributed by atoms with E-state index in [1.54, 1.807) is 24.3 Å². The molecule has 3 aromatic rings. The minimum Gasteiger partial charge on any atom is -0.353 e. The number of unbranched alkanes of at least 4 members (excludes halogenated alkanes) is 7. The van der Waals surface area contributed by atoms with Gasteiger partial charge in [0.2, 0.25) is 23.8 Å². The van der Waals surface area contributed by atoms with Crippen LogP contribution in [0.2, 0.25) is 0 Å². The summed E-state index contributed by atoms with van der Waals surface area (Å²) in [4.78, 5) is 71.9. The van der Waals surface area contributed by atoms with Crippen LogP contribution in [-0.4, -0.2) is 213 Å². The predicted octanol–water partition coefficient (Wildman–Crippen LogP) is 20.6. The van der Waals surface area contributed by atoms with Gasteiger partial charge in [-0.25, -0.2) is 0 Å². The van der Waals surface area contributed by atoms with Crippen LogP contribution >= 0.6 is 0 Å². The third-order valence-electron chi connectivity index (χ3n) is 29.6. The van der Waals surface area contributed by atoms with E-state index in [-0.39, 0.29) is 137 Å². The average Bonchev–Trinajstić information content (AvgIpc) is 0.759. The van der Waals surface area contributed by atoms with E-state index in [1.807, 2.05) is 0 Å². The number of anilines is 6. The van der Waals surface area contributed by atoms with Crippen LogP contribution in [0.15, 0.2) is 30.3 Å². The van der Waals surface area contributed by atoms with Gasteiger partial charge >= 0.3 is 0 Å². The van der Waals surface area contributed by atoms with Crippen LogP contribution in [0.1, 0.15) is 450 Å². The molecule has 0 radical (unpaired) electrons. The zero-order valence-corrected chi connectivity index (χ0v) is 91.3. The quantitative estimate of drug-likeness (QED) is 0.0246. The average molecular weight is 1840 g/mol. The number of hydrogen-bond acceptors (Lipinski definition) is 21. The Balaban J connectivity index is 0.000000472. The highest BCUT2D eigenvalue weighted by molar-refractivity contribution is 6.00. The van der Waals surface area contributed by atoms with Crippen LogP contribution < -0.4 is 82.6 Å². The van der Waals surface area contributed by atoms with E-state index in [0.29, 0.717) is 23.2 Å². The molecule has 0 aliphatic carbocycles. The SMILES string of the molecule is CC1(C)CC(NC(=O)c2cccc(C(=O)NC3CC(C)(C)NC(C)(C)C3)c2)CC(C)(C)N1.CCCCN(c1cc(N(CCCCCCN(c2nc(N(CCCC)C3CC(C)(C)NC(C)(C)C3)nc(N(CCCC)C3CC(C)(C)NC(C)(C)C3)n2)C2CC(C)(C)NC(C)(C)C2)C2CC(C)(C)NC(C)(C)C2)nc(N(CCCC)C2CC(C)(C)NC(C)(C)C2)n1)C1CC(C)(C)NC(C)(C)C1. The predicted molar refractivity (Wildman–Crippen MR) is 560 cm³/mol. The van der Waals surface area contributed by atoms with Gasteiger partial charge in [-0.15, -0.1) is 0 Å². The Morgan fingerprint density at radius 1 is 0.258 bits per heavy atom. The molecule has 11 rings (SSSR count). The van der Waals surface area contributed by atoms with Crippen molar-refractivity contribution < 1.29 is 9.59 Å². The van der Waals surface area contributed by atoms with Crippen LogP contribution in [0.25, 0.3) is 0 Å². The summed E-state index contributed by atoms with van der Waals surface area (Å²) in [5.41, 5.74) is 0.354. The topological polar surface area (TPSA) is 238 Å². The highest BCUT2D eigenvalue weighted by atomic mass is 16.2. The van der Waals surface area contributed by atoms with Gasteiger partial charge < -0.3 is 82.6 Å². The maximum absolute atomic E-state index is 13.0. The van der Waals surface area contributed by atoms with Crippen molar-refractivity contribution in [2.45, 2.75) is 566 Å². The second-order valence-electron chi connectivity index (χ2n) is 53.9. The monoisotopic (exact) mass is 1830 g/mol. The lowest BCUT2D eigenvalue weighted by atomic mass is 9.78. The highest BCUT2D eigenvalue weighted by Gasteiger charge is 2.50. The summed E-state index contributed by atoms with van der Waals surface area (Å²) in [6.45, 7) is 90.1. The van der Waals surface area contributed by atoms with Crippen molar-refractivity contribution in [2.75, 3.05) is 68.7 Å². The summed E-state index contributed by atoms with van der Waals surface area (Å²) >= 11 is 0. The first-order valence-corrected chi connectivity index (χ1v) is 52.9. The summed E-state index contributed by atoms with van der Waals surface area (Å²) in [7, 11) is 0. The molecule has 8 saturated heterocycles. The molecule has 1 aromatic carbocycles. The molecule has 0 unspecified atom stereocenters. The number of nitrogens with one attached hydrogen (secondary N) is 10. The van der Waals surface area contributed by atoms with Gasteiger partial charge in [0.15, 0.2) is 0 Å². The van der Waals surface area contributed by atoms with Crippen molar-refractivity contribution in [1.29, 1.82) is 0 Å². The fraction of sp³-hybridized carbons (Fsp3) is 0.862. The summed E-state index contributed by atoms with van der Waals surface area (Å²) in [5.74, 6) is 5.51. The van der Waals surface area contributed by atoms with Crippen molar-refractivity contribution in [2.24, 2.45) is 0 Å². The van der Waals surface area contributed by atoms with Crippen molar-refractivity contribution in [1.82, 2.24) is 78.1 Å². The van der Waals surface area contributed by atoms with Gasteiger partial charge in [0.1, 0.15) is 11.6 Å². The number of carbonyl (C=O) groups excluding carboxylic acids is 2. The molecule has 0 spiro atoms. The molecule has 23 heteroatoms. The number of piperidine rings is 8. The summed E-state index contributed by atoms with van der Waals surface area (Å²) < 4.78 is 0. The number of nitrogens with zero attached hydrogens (tertiary/aromatic N) is 11. The largest absolute Gasteiger partial charge is 0.353 e. The van der Waals surface area contributed by atoms with E-state index in [0.717, 1.165) is 254 Å². The first-order chi connectivity index (χ1) is 60.6. The molecule has 8 aliphatic heterocycles. The van der Waals surface area contributed by atoms with Crippen LogP contribution in [0.4, 0.5) is 35.4 Å². The number of hydrogen-bond donors (Lipinski definition) is 10. The van der Waals surface area contributed by atoms with Crippen molar-refractivity contribution in [3.8, 4) is 0 Å². The Morgan fingerprint density at radius 2 is 0.439 bits per heavy atom. The Labute approximate surface area is 806 Å². The van der Waals surface area contributed by atoms with E-state index in [9.17, 15) is 9.59 Å². The molecule has 2 aromatic heterocycles. The fourth-order valence-corrected chi connectivity index (χ4v) is 27.7. The number of carbonyl (C=O) groups is 2. The lowest BCUT2D eigenvalue weighted by Gasteiger charge is -2.51. The maximum atomic E-state index is 13.0. The van der Waals surface area contributed by atoms with Crippen LogP contribution in [-0.2, 0) is 0 Å². The molecule has 0 saturated carbocycles. The van der Waals surface area contributed by atoms with Gasteiger partial charge in [0, 0.05) is 193 Å². The van der Waals surface area contributed by atoms with Crippen molar-refractivity contribution in [3.63, 3.8) is 0 Å². The van der Waals surface area contributed by atoms with E-state index < -0.39 is 0 Å². The first-order valence-electron chi connectivity index (χ1n) is 52.9. The molecule has 8 fully saturated rings. The van der Waals surface area contributed by atoms with E-state index >= 15 is 0 Å². The molecule has 8 aliphatic rings. The minimum atomic E-state index is -0.123. The van der Waals surface area contributed by atoms with Gasteiger partial charge in [-0.1, -0.05) is 72.3 Å². The lowest BCUT2D eigenvalue weighted by molar-refractivity contribution is 0.0868. The third-order valence-corrected chi connectivity index (χ3v) is 29.6. The van der Waals surface area contributed by atoms with Gasteiger partial charge in [0.05, 0.1) is 0 Å². The molecular weight excluding hydrogens is 1640 g/mol. The maximum Gasteiger partial charge on any atom is 0.251 e. The fourth-order valence-electron chi connectivity index (χ4n) is 27.7. The van der Waals surface area contributed by atoms with E-state index in [2.05, 4.69) is 338 Å². The Kier molecular flexibility index (Phi) is 34.3. The van der Waals surface area contributed by atoms with Crippen LogP contribution in [0, 0.1) is 0 Å². The van der Waals surface area contributed by atoms with Gasteiger partial charge in [-0.2, -0.15) is 24.9 Å². The standard InChI is InChI=1S/C83H157N17.C26H42N4O2/c1-29-33-41-95(60-48-72(5,6)89-73(7,8)49-60)66-47-67(85-68(84-66)97(42-34-30-2)62-52-76(13,14)91-77(15,16)53-62)96(61-50-74(9,10)90-75(11,12)51-61)45-39-37-38-40-46-100(65-58-82(25,26)94-83(27,28)59-65)71-87-69(98(43-35-31-3)63-54-78(17,18)92-79(19,20)55-63)86-70(88-71)99(44-36-32-4)64-56-80(21,22)93-81(23,24)57-64;1-23(2)13-19(14-24(3,4)29-23)27-21(31)17-10-9-11-18(12-17)22(32)28-20-15-25(5,6)30-26(7,8)16-20/h47,60-65,89-94H,29-46,48-59H2,1-28H3;9-12,19-20,29-30H,13-16H2,1-8H3,(H,27,31)(H,28,32). The number of aromatic nitrogens is 5.